The molecule has 0 aliphatic carbocycles. The summed E-state index contributed by atoms with van der Waals surface area (Å²) in [7, 11) is 2.06. The summed E-state index contributed by atoms with van der Waals surface area (Å²) in [6.45, 7) is 8.21. The van der Waals surface area contributed by atoms with E-state index in [0.29, 0.717) is 23.0 Å². The van der Waals surface area contributed by atoms with E-state index in [-0.39, 0.29) is 23.6 Å². The fourth-order valence-electron chi connectivity index (χ4n) is 3.29. The first-order valence-corrected chi connectivity index (χ1v) is 8.41. The van der Waals surface area contributed by atoms with E-state index in [2.05, 4.69) is 17.0 Å². The lowest BCUT2D eigenvalue weighted by atomic mass is 10.1. The van der Waals surface area contributed by atoms with Gasteiger partial charge in [-0.1, -0.05) is 18.2 Å². The minimum Gasteiger partial charge on any atom is -0.332 e. The van der Waals surface area contributed by atoms with Crippen molar-refractivity contribution >= 4 is 16.7 Å². The molecule has 24 heavy (non-hydrogen) atoms. The monoisotopic (exact) mass is 328 g/mol. The van der Waals surface area contributed by atoms with Gasteiger partial charge >= 0.3 is 0 Å². The molecular formula is C18H24N4O2. The molecule has 128 valence electrons. The third-order valence-corrected chi connectivity index (χ3v) is 4.61. The largest absolute Gasteiger partial charge is 0.332 e. The second-order valence-corrected chi connectivity index (χ2v) is 6.85. The van der Waals surface area contributed by atoms with Crippen LogP contribution in [0.15, 0.2) is 29.1 Å². The molecule has 1 aromatic heterocycles. The van der Waals surface area contributed by atoms with Crippen molar-refractivity contribution in [2.24, 2.45) is 0 Å². The molecule has 6 heteroatoms. The molecule has 0 spiro atoms. The second kappa shape index (κ2) is 6.36. The maximum atomic E-state index is 13.1. The Hall–Kier alpha value is -2.21. The number of fused-ring (bicyclic) bond motifs is 1. The SMILES string of the molecule is CC(C)n1nc(C(=O)N2CCN(C)C[C@H]2C)c2ccccc2c1=O. The lowest BCUT2D eigenvalue weighted by Crippen LogP contribution is -2.53. The smallest absolute Gasteiger partial charge is 0.275 e. The maximum absolute atomic E-state index is 13.1. The van der Waals surface area contributed by atoms with Gasteiger partial charge in [-0.05, 0) is 33.9 Å². The molecule has 2 aromatic rings. The third-order valence-electron chi connectivity index (χ3n) is 4.61. The second-order valence-electron chi connectivity index (χ2n) is 6.85. The molecule has 0 radical (unpaired) electrons. The molecular weight excluding hydrogens is 304 g/mol. The number of nitrogens with zero attached hydrogens (tertiary/aromatic N) is 4. The Bertz CT molecular complexity index is 827. The van der Waals surface area contributed by atoms with E-state index in [1.807, 2.05) is 43.9 Å². The van der Waals surface area contributed by atoms with E-state index in [1.165, 1.54) is 4.68 Å². The first-order chi connectivity index (χ1) is 11.4. The minimum absolute atomic E-state index is 0.0961. The van der Waals surface area contributed by atoms with E-state index in [0.717, 1.165) is 13.1 Å². The molecule has 6 nitrogen and oxygen atoms in total. The lowest BCUT2D eigenvalue weighted by Gasteiger charge is -2.38. The normalized spacial score (nSPS) is 19.2. The van der Waals surface area contributed by atoms with Crippen LogP contribution >= 0.6 is 0 Å². The van der Waals surface area contributed by atoms with Crippen LogP contribution in [0.3, 0.4) is 0 Å². The van der Waals surface area contributed by atoms with Crippen LogP contribution in [0, 0.1) is 0 Å². The number of hydrogen-bond acceptors (Lipinski definition) is 4. The Balaban J connectivity index is 2.13. The molecule has 3 rings (SSSR count). The van der Waals surface area contributed by atoms with Crippen molar-refractivity contribution in [2.75, 3.05) is 26.7 Å². The van der Waals surface area contributed by atoms with Gasteiger partial charge in [-0.3, -0.25) is 9.59 Å². The first kappa shape index (κ1) is 16.6. The van der Waals surface area contributed by atoms with Crippen LogP contribution < -0.4 is 5.56 Å². The molecule has 1 atom stereocenters. The average Bonchev–Trinajstić information content (AvgIpc) is 2.54. The van der Waals surface area contributed by atoms with Crippen molar-refractivity contribution in [2.45, 2.75) is 32.9 Å². The van der Waals surface area contributed by atoms with E-state index in [1.54, 1.807) is 6.07 Å². The van der Waals surface area contributed by atoms with Crippen molar-refractivity contribution < 1.29 is 4.79 Å². The fourth-order valence-corrected chi connectivity index (χ4v) is 3.29. The van der Waals surface area contributed by atoms with Gasteiger partial charge in [0.25, 0.3) is 11.5 Å². The molecule has 1 aliphatic rings. The third kappa shape index (κ3) is 2.82. The highest BCUT2D eigenvalue weighted by Gasteiger charge is 2.29. The molecule has 0 unspecified atom stereocenters. The van der Waals surface area contributed by atoms with E-state index >= 15 is 0 Å². The van der Waals surface area contributed by atoms with E-state index in [9.17, 15) is 9.59 Å². The average molecular weight is 328 g/mol. The highest BCUT2D eigenvalue weighted by atomic mass is 16.2. The summed E-state index contributed by atoms with van der Waals surface area (Å²) in [6, 6.07) is 7.26. The number of carbonyl (C=O) groups excluding carboxylic acids is 1. The molecule has 0 N–H and O–H groups in total. The Labute approximate surface area is 141 Å². The van der Waals surface area contributed by atoms with Crippen molar-refractivity contribution in [3.8, 4) is 0 Å². The van der Waals surface area contributed by atoms with Gasteiger partial charge in [0.05, 0.1) is 11.4 Å². The van der Waals surface area contributed by atoms with Gasteiger partial charge in [0.2, 0.25) is 0 Å². The van der Waals surface area contributed by atoms with Crippen LogP contribution in [0.5, 0.6) is 0 Å². The lowest BCUT2D eigenvalue weighted by molar-refractivity contribution is 0.0527. The van der Waals surface area contributed by atoms with Crippen LogP contribution in [0.2, 0.25) is 0 Å². The number of rotatable bonds is 2. The molecule has 1 aliphatic heterocycles. The zero-order chi connectivity index (χ0) is 17.4. The highest BCUT2D eigenvalue weighted by Crippen LogP contribution is 2.19. The number of benzene rings is 1. The quantitative estimate of drug-likeness (QED) is 0.843. The Morgan fingerprint density at radius 2 is 1.88 bits per heavy atom. The van der Waals surface area contributed by atoms with Crippen LogP contribution in [0.4, 0.5) is 0 Å². The van der Waals surface area contributed by atoms with E-state index < -0.39 is 0 Å². The molecule has 1 aromatic carbocycles. The summed E-state index contributed by atoms with van der Waals surface area (Å²) < 4.78 is 1.41. The standard InChI is InChI=1S/C18H24N4O2/c1-12(2)22-17(23)15-8-6-5-7-14(15)16(19-22)18(24)21-10-9-20(4)11-13(21)3/h5-8,12-13H,9-11H2,1-4H3/t13-/m1/s1. The Kier molecular flexibility index (Phi) is 4.41. The summed E-state index contributed by atoms with van der Waals surface area (Å²) in [5.74, 6) is -0.0961. The summed E-state index contributed by atoms with van der Waals surface area (Å²) in [6.07, 6.45) is 0. The van der Waals surface area contributed by atoms with Gasteiger partial charge in [-0.25, -0.2) is 4.68 Å². The van der Waals surface area contributed by atoms with Crippen molar-refractivity contribution in [1.82, 2.24) is 19.6 Å². The molecule has 1 saturated heterocycles. The number of amides is 1. The number of likely N-dealkylation sites (N-methyl/N-ethyl adjacent to an activating group) is 1. The highest BCUT2D eigenvalue weighted by molar-refractivity contribution is 6.04. The Morgan fingerprint density at radius 1 is 1.21 bits per heavy atom. The summed E-state index contributed by atoms with van der Waals surface area (Å²) in [5.41, 5.74) is 0.221. The van der Waals surface area contributed by atoms with Crippen molar-refractivity contribution in [1.29, 1.82) is 0 Å². The number of piperazine rings is 1. The minimum atomic E-state index is -0.149. The van der Waals surface area contributed by atoms with Crippen LogP contribution in [-0.4, -0.2) is 58.2 Å². The van der Waals surface area contributed by atoms with Gasteiger partial charge in [-0.2, -0.15) is 5.10 Å². The van der Waals surface area contributed by atoms with Crippen LogP contribution in [0.1, 0.15) is 37.3 Å². The van der Waals surface area contributed by atoms with Crippen molar-refractivity contribution in [3.05, 3.63) is 40.3 Å². The molecule has 1 fully saturated rings. The number of aromatic nitrogens is 2. The van der Waals surface area contributed by atoms with Gasteiger partial charge < -0.3 is 9.80 Å². The van der Waals surface area contributed by atoms with Gasteiger partial charge in [0.1, 0.15) is 0 Å². The van der Waals surface area contributed by atoms with Crippen molar-refractivity contribution in [3.63, 3.8) is 0 Å². The summed E-state index contributed by atoms with van der Waals surface area (Å²) >= 11 is 0. The zero-order valence-electron chi connectivity index (χ0n) is 14.7. The zero-order valence-corrected chi connectivity index (χ0v) is 14.7. The van der Waals surface area contributed by atoms with E-state index in [4.69, 9.17) is 0 Å². The number of hydrogen-bond donors (Lipinski definition) is 0. The molecule has 2 heterocycles. The Morgan fingerprint density at radius 3 is 2.50 bits per heavy atom. The predicted octanol–water partition coefficient (Wildman–Crippen LogP) is 1.75. The van der Waals surface area contributed by atoms with Gasteiger partial charge in [-0.15, -0.1) is 0 Å². The first-order valence-electron chi connectivity index (χ1n) is 8.41. The van der Waals surface area contributed by atoms with Gasteiger partial charge in [0, 0.05) is 31.1 Å². The maximum Gasteiger partial charge on any atom is 0.275 e. The molecule has 0 saturated carbocycles. The fraction of sp³-hybridized carbons (Fsp3) is 0.500. The topological polar surface area (TPSA) is 58.4 Å². The summed E-state index contributed by atoms with van der Waals surface area (Å²) in [4.78, 5) is 29.8. The van der Waals surface area contributed by atoms with Gasteiger partial charge in [0.15, 0.2) is 5.69 Å². The molecule has 0 bridgehead atoms. The van der Waals surface area contributed by atoms with Crippen LogP contribution in [-0.2, 0) is 0 Å². The number of carbonyl (C=O) groups is 1. The van der Waals surface area contributed by atoms with Crippen LogP contribution in [0.25, 0.3) is 10.8 Å². The molecule has 1 amide bonds. The predicted molar refractivity (Wildman–Crippen MR) is 94.4 cm³/mol. The summed E-state index contributed by atoms with van der Waals surface area (Å²) in [5, 5.41) is 5.61.